The predicted octanol–water partition coefficient (Wildman–Crippen LogP) is 2.31. The molecule has 0 aromatic carbocycles. The van der Waals surface area contributed by atoms with Crippen LogP contribution in [0.15, 0.2) is 18.3 Å². The second kappa shape index (κ2) is 4.62. The molecule has 0 aliphatic carbocycles. The average Bonchev–Trinajstić information content (AvgIpc) is 2.28. The van der Waals surface area contributed by atoms with Gasteiger partial charge < -0.3 is 9.84 Å². The van der Waals surface area contributed by atoms with E-state index >= 15 is 0 Å². The van der Waals surface area contributed by atoms with Crippen molar-refractivity contribution in [3.8, 4) is 0 Å². The van der Waals surface area contributed by atoms with E-state index in [0.717, 1.165) is 12.3 Å². The van der Waals surface area contributed by atoms with Crippen LogP contribution in [-0.2, 0) is 10.9 Å². The Hall–Kier alpha value is -1.14. The molecule has 1 saturated heterocycles. The standard InChI is InChI=1S/C11H12F3NO2/c12-11(13,14)10-2-1-7(6-15-10)9-5-8(16)3-4-17-9/h1-2,6,8-9,16H,3-5H2. The molecule has 1 fully saturated rings. The highest BCUT2D eigenvalue weighted by atomic mass is 19.4. The summed E-state index contributed by atoms with van der Waals surface area (Å²) in [5.74, 6) is 0. The number of aliphatic hydroxyl groups excluding tert-OH is 1. The Balaban J connectivity index is 2.12. The Morgan fingerprint density at radius 2 is 2.12 bits per heavy atom. The van der Waals surface area contributed by atoms with Crippen molar-refractivity contribution >= 4 is 0 Å². The third kappa shape index (κ3) is 2.95. The molecular weight excluding hydrogens is 235 g/mol. The molecular formula is C11H12F3NO2. The van der Waals surface area contributed by atoms with Crippen molar-refractivity contribution < 1.29 is 23.0 Å². The van der Waals surface area contributed by atoms with Crippen LogP contribution in [0.25, 0.3) is 0 Å². The number of alkyl halides is 3. The van der Waals surface area contributed by atoms with Crippen LogP contribution in [0.3, 0.4) is 0 Å². The Kier molecular flexibility index (Phi) is 3.35. The van der Waals surface area contributed by atoms with E-state index in [-0.39, 0.29) is 6.10 Å². The molecule has 0 radical (unpaired) electrons. The van der Waals surface area contributed by atoms with Gasteiger partial charge in [0.2, 0.25) is 0 Å². The van der Waals surface area contributed by atoms with Crippen LogP contribution in [0, 0.1) is 0 Å². The molecule has 17 heavy (non-hydrogen) atoms. The summed E-state index contributed by atoms with van der Waals surface area (Å²) in [7, 11) is 0. The zero-order valence-electron chi connectivity index (χ0n) is 8.94. The molecule has 1 aliphatic rings. The van der Waals surface area contributed by atoms with Crippen molar-refractivity contribution in [3.05, 3.63) is 29.6 Å². The number of aliphatic hydroxyl groups is 1. The maximum absolute atomic E-state index is 12.3. The number of ether oxygens (including phenoxy) is 1. The van der Waals surface area contributed by atoms with Gasteiger partial charge in [-0.1, -0.05) is 6.07 Å². The molecule has 2 atom stereocenters. The summed E-state index contributed by atoms with van der Waals surface area (Å²) in [6.45, 7) is 0.410. The summed E-state index contributed by atoms with van der Waals surface area (Å²) in [5.41, 5.74) is -0.352. The summed E-state index contributed by atoms with van der Waals surface area (Å²) >= 11 is 0. The van der Waals surface area contributed by atoms with Gasteiger partial charge in [-0.25, -0.2) is 0 Å². The number of nitrogens with zero attached hydrogens (tertiary/aromatic N) is 1. The van der Waals surface area contributed by atoms with Crippen LogP contribution in [-0.4, -0.2) is 22.8 Å². The van der Waals surface area contributed by atoms with E-state index in [2.05, 4.69) is 4.98 Å². The van der Waals surface area contributed by atoms with Crippen molar-refractivity contribution in [2.45, 2.75) is 31.2 Å². The molecule has 2 heterocycles. The van der Waals surface area contributed by atoms with Gasteiger partial charge in [0, 0.05) is 19.2 Å². The van der Waals surface area contributed by atoms with Gasteiger partial charge in [-0.2, -0.15) is 13.2 Å². The van der Waals surface area contributed by atoms with Crippen molar-refractivity contribution in [1.29, 1.82) is 0 Å². The van der Waals surface area contributed by atoms with Crippen LogP contribution in [0.4, 0.5) is 13.2 Å². The summed E-state index contributed by atoms with van der Waals surface area (Å²) in [6.07, 6.45) is -3.14. The van der Waals surface area contributed by atoms with Gasteiger partial charge in [-0.15, -0.1) is 0 Å². The summed E-state index contributed by atoms with van der Waals surface area (Å²) < 4.78 is 42.2. The molecule has 3 nitrogen and oxygen atoms in total. The summed E-state index contributed by atoms with van der Waals surface area (Å²) in [6, 6.07) is 2.28. The van der Waals surface area contributed by atoms with Crippen LogP contribution >= 0.6 is 0 Å². The zero-order chi connectivity index (χ0) is 12.5. The number of pyridine rings is 1. The maximum Gasteiger partial charge on any atom is 0.433 e. The Morgan fingerprint density at radius 1 is 1.35 bits per heavy atom. The van der Waals surface area contributed by atoms with Gasteiger partial charge in [0.15, 0.2) is 0 Å². The van der Waals surface area contributed by atoms with Crippen molar-refractivity contribution in [1.82, 2.24) is 4.98 Å². The van der Waals surface area contributed by atoms with Gasteiger partial charge in [-0.05, 0) is 18.1 Å². The van der Waals surface area contributed by atoms with E-state index in [1.165, 1.54) is 6.07 Å². The summed E-state index contributed by atoms with van der Waals surface area (Å²) in [5, 5.41) is 9.44. The first-order valence-corrected chi connectivity index (χ1v) is 5.29. The first-order valence-electron chi connectivity index (χ1n) is 5.29. The quantitative estimate of drug-likeness (QED) is 0.828. The van der Waals surface area contributed by atoms with E-state index in [1.807, 2.05) is 0 Å². The fourth-order valence-corrected chi connectivity index (χ4v) is 1.78. The third-order valence-corrected chi connectivity index (χ3v) is 2.70. The number of aromatic nitrogens is 1. The van der Waals surface area contributed by atoms with E-state index < -0.39 is 18.0 Å². The molecule has 0 spiro atoms. The largest absolute Gasteiger partial charge is 0.433 e. The lowest BCUT2D eigenvalue weighted by Gasteiger charge is -2.26. The topological polar surface area (TPSA) is 42.4 Å². The van der Waals surface area contributed by atoms with Crippen LogP contribution in [0.5, 0.6) is 0 Å². The molecule has 0 bridgehead atoms. The van der Waals surface area contributed by atoms with E-state index in [9.17, 15) is 18.3 Å². The lowest BCUT2D eigenvalue weighted by Crippen LogP contribution is -2.23. The SMILES string of the molecule is OC1CCOC(c2ccc(C(F)(F)F)nc2)C1. The first-order chi connectivity index (χ1) is 7.97. The van der Waals surface area contributed by atoms with Gasteiger partial charge in [0.25, 0.3) is 0 Å². The minimum absolute atomic E-state index is 0.367. The summed E-state index contributed by atoms with van der Waals surface area (Å²) in [4.78, 5) is 3.36. The molecule has 94 valence electrons. The fourth-order valence-electron chi connectivity index (χ4n) is 1.78. The highest BCUT2D eigenvalue weighted by molar-refractivity contribution is 5.18. The zero-order valence-corrected chi connectivity index (χ0v) is 8.94. The van der Waals surface area contributed by atoms with Gasteiger partial charge in [0.05, 0.1) is 12.2 Å². The molecule has 1 aromatic heterocycles. The molecule has 6 heteroatoms. The third-order valence-electron chi connectivity index (χ3n) is 2.70. The maximum atomic E-state index is 12.3. The molecule has 1 aliphatic heterocycles. The predicted molar refractivity (Wildman–Crippen MR) is 53.2 cm³/mol. The minimum Gasteiger partial charge on any atom is -0.393 e. The van der Waals surface area contributed by atoms with Crippen LogP contribution in [0.2, 0.25) is 0 Å². The smallest absolute Gasteiger partial charge is 0.393 e. The highest BCUT2D eigenvalue weighted by Crippen LogP contribution is 2.31. The molecule has 2 rings (SSSR count). The first kappa shape index (κ1) is 12.3. The highest BCUT2D eigenvalue weighted by Gasteiger charge is 2.32. The monoisotopic (exact) mass is 247 g/mol. The molecule has 1 aromatic rings. The van der Waals surface area contributed by atoms with Crippen molar-refractivity contribution in [2.24, 2.45) is 0 Å². The number of hydrogen-bond acceptors (Lipinski definition) is 3. The van der Waals surface area contributed by atoms with E-state index in [4.69, 9.17) is 4.74 Å². The second-order valence-corrected chi connectivity index (χ2v) is 4.01. The molecule has 0 amide bonds. The van der Waals surface area contributed by atoms with E-state index in [0.29, 0.717) is 25.0 Å². The van der Waals surface area contributed by atoms with Crippen molar-refractivity contribution in [3.63, 3.8) is 0 Å². The normalized spacial score (nSPS) is 25.9. The fraction of sp³-hybridized carbons (Fsp3) is 0.545. The average molecular weight is 247 g/mol. The second-order valence-electron chi connectivity index (χ2n) is 4.01. The molecule has 0 saturated carbocycles. The Bertz CT molecular complexity index is 377. The lowest BCUT2D eigenvalue weighted by atomic mass is 10.0. The Labute approximate surface area is 96.2 Å². The van der Waals surface area contributed by atoms with Gasteiger partial charge >= 0.3 is 6.18 Å². The number of hydrogen-bond donors (Lipinski definition) is 1. The number of halogens is 3. The van der Waals surface area contributed by atoms with Gasteiger partial charge in [-0.3, -0.25) is 4.98 Å². The molecule has 2 unspecified atom stereocenters. The Morgan fingerprint density at radius 3 is 2.65 bits per heavy atom. The van der Waals surface area contributed by atoms with Crippen molar-refractivity contribution in [2.75, 3.05) is 6.61 Å². The minimum atomic E-state index is -4.43. The number of rotatable bonds is 1. The molecule has 1 N–H and O–H groups in total. The van der Waals surface area contributed by atoms with E-state index in [1.54, 1.807) is 0 Å². The lowest BCUT2D eigenvalue weighted by molar-refractivity contribution is -0.141. The van der Waals surface area contributed by atoms with Crippen LogP contribution in [0.1, 0.15) is 30.2 Å². The van der Waals surface area contributed by atoms with Crippen LogP contribution < -0.4 is 0 Å². The van der Waals surface area contributed by atoms with Gasteiger partial charge in [0.1, 0.15) is 5.69 Å².